The van der Waals surface area contributed by atoms with Gasteiger partial charge < -0.3 is 5.73 Å². The molecule has 1 aromatic carbocycles. The van der Waals surface area contributed by atoms with Crippen molar-refractivity contribution < 1.29 is 4.92 Å². The van der Waals surface area contributed by atoms with Gasteiger partial charge in [0.25, 0.3) is 5.69 Å². The van der Waals surface area contributed by atoms with Gasteiger partial charge in [0.2, 0.25) is 0 Å². The topological polar surface area (TPSA) is 69.2 Å². The molecular formula is C13H18N2O2. The summed E-state index contributed by atoms with van der Waals surface area (Å²) < 4.78 is 0. The third-order valence-corrected chi connectivity index (χ3v) is 3.96. The molecule has 0 aliphatic heterocycles. The van der Waals surface area contributed by atoms with Crippen molar-refractivity contribution in [3.63, 3.8) is 0 Å². The molecule has 2 N–H and O–H groups in total. The molecule has 4 nitrogen and oxygen atoms in total. The minimum atomic E-state index is -0.330. The van der Waals surface area contributed by atoms with Gasteiger partial charge in [-0.25, -0.2) is 0 Å². The number of nitro benzene ring substituents is 1. The second kappa shape index (κ2) is 4.45. The molecule has 1 aliphatic carbocycles. The minimum absolute atomic E-state index is 0.0554. The predicted octanol–water partition coefficient (Wildman–Crippen LogP) is 2.67. The molecule has 2 rings (SSSR count). The lowest BCUT2D eigenvalue weighted by atomic mass is 9.78. The molecule has 0 radical (unpaired) electrons. The lowest BCUT2D eigenvalue weighted by molar-refractivity contribution is -0.385. The van der Waals surface area contributed by atoms with Crippen molar-refractivity contribution in [1.29, 1.82) is 0 Å². The molecule has 0 heterocycles. The van der Waals surface area contributed by atoms with E-state index in [2.05, 4.69) is 0 Å². The number of hydrogen-bond donors (Lipinski definition) is 1. The van der Waals surface area contributed by atoms with E-state index >= 15 is 0 Å². The quantitative estimate of drug-likeness (QED) is 0.645. The summed E-state index contributed by atoms with van der Waals surface area (Å²) in [5.41, 5.74) is 8.06. The fourth-order valence-electron chi connectivity index (χ4n) is 2.85. The van der Waals surface area contributed by atoms with Crippen molar-refractivity contribution in [1.82, 2.24) is 0 Å². The molecule has 1 aromatic rings. The molecular weight excluding hydrogens is 216 g/mol. The van der Waals surface area contributed by atoms with E-state index < -0.39 is 0 Å². The molecule has 0 unspecified atom stereocenters. The zero-order chi connectivity index (χ0) is 12.5. The van der Waals surface area contributed by atoms with Crippen molar-refractivity contribution >= 4 is 5.69 Å². The Kier molecular flexibility index (Phi) is 3.15. The predicted molar refractivity (Wildman–Crippen MR) is 67.0 cm³/mol. The first-order valence-corrected chi connectivity index (χ1v) is 6.05. The fraction of sp³-hybridized carbons (Fsp3) is 0.538. The number of rotatable bonds is 3. The van der Waals surface area contributed by atoms with E-state index in [1.165, 1.54) is 18.4 Å². The van der Waals surface area contributed by atoms with E-state index in [1.807, 2.05) is 12.1 Å². The van der Waals surface area contributed by atoms with Crippen LogP contribution in [-0.2, 0) is 5.41 Å². The van der Waals surface area contributed by atoms with Gasteiger partial charge in [-0.1, -0.05) is 18.9 Å². The maximum atomic E-state index is 10.8. The Morgan fingerprint density at radius 1 is 1.41 bits per heavy atom. The first-order chi connectivity index (χ1) is 8.09. The second-order valence-corrected chi connectivity index (χ2v) is 4.95. The summed E-state index contributed by atoms with van der Waals surface area (Å²) in [6.45, 7) is 2.42. The molecule has 4 heteroatoms. The number of hydrogen-bond acceptors (Lipinski definition) is 3. The Morgan fingerprint density at radius 2 is 2.06 bits per heavy atom. The van der Waals surface area contributed by atoms with Gasteiger partial charge in [0.05, 0.1) is 4.92 Å². The highest BCUT2D eigenvalue weighted by Crippen LogP contribution is 2.41. The summed E-state index contributed by atoms with van der Waals surface area (Å²) in [6.07, 6.45) is 4.60. The molecule has 0 atom stereocenters. The summed E-state index contributed by atoms with van der Waals surface area (Å²) >= 11 is 0. The third-order valence-electron chi connectivity index (χ3n) is 3.96. The van der Waals surface area contributed by atoms with Crippen LogP contribution in [0, 0.1) is 17.0 Å². The zero-order valence-corrected chi connectivity index (χ0v) is 10.1. The molecule has 1 saturated carbocycles. The van der Waals surface area contributed by atoms with Crippen LogP contribution in [0.2, 0.25) is 0 Å². The molecule has 0 saturated heterocycles. The fourth-order valence-corrected chi connectivity index (χ4v) is 2.85. The van der Waals surface area contributed by atoms with Crippen molar-refractivity contribution in [3.05, 3.63) is 39.4 Å². The Bertz CT molecular complexity index is 437. The van der Waals surface area contributed by atoms with Crippen LogP contribution in [0.5, 0.6) is 0 Å². The molecule has 0 spiro atoms. The summed E-state index contributed by atoms with van der Waals surface area (Å²) in [7, 11) is 0. The Hall–Kier alpha value is -1.42. The van der Waals surface area contributed by atoms with Gasteiger partial charge in [0.15, 0.2) is 0 Å². The standard InChI is InChI=1S/C13H18N2O2/c1-10-8-11(4-5-12(10)15(16)17)13(9-14)6-2-3-7-13/h4-5,8H,2-3,6-7,9,14H2,1H3. The second-order valence-electron chi connectivity index (χ2n) is 4.95. The van der Waals surface area contributed by atoms with Gasteiger partial charge in [0, 0.05) is 23.6 Å². The number of nitrogens with two attached hydrogens (primary N) is 1. The van der Waals surface area contributed by atoms with Crippen molar-refractivity contribution in [3.8, 4) is 0 Å². The van der Waals surface area contributed by atoms with Crippen LogP contribution in [0.1, 0.15) is 36.8 Å². The molecule has 17 heavy (non-hydrogen) atoms. The lowest BCUT2D eigenvalue weighted by Crippen LogP contribution is -2.32. The van der Waals surface area contributed by atoms with Gasteiger partial charge >= 0.3 is 0 Å². The highest BCUT2D eigenvalue weighted by Gasteiger charge is 2.34. The summed E-state index contributed by atoms with van der Waals surface area (Å²) in [4.78, 5) is 10.5. The number of aryl methyl sites for hydroxylation is 1. The average Bonchev–Trinajstić information content (AvgIpc) is 2.78. The Morgan fingerprint density at radius 3 is 2.53 bits per heavy atom. The zero-order valence-electron chi connectivity index (χ0n) is 10.1. The van der Waals surface area contributed by atoms with Crippen LogP contribution in [0.4, 0.5) is 5.69 Å². The Balaban J connectivity index is 2.40. The molecule has 92 valence electrons. The average molecular weight is 234 g/mol. The monoisotopic (exact) mass is 234 g/mol. The molecule has 1 aliphatic rings. The first kappa shape index (κ1) is 12.0. The lowest BCUT2D eigenvalue weighted by Gasteiger charge is -2.28. The van der Waals surface area contributed by atoms with E-state index in [-0.39, 0.29) is 16.0 Å². The Labute approximate surface area is 101 Å². The van der Waals surface area contributed by atoms with Crippen molar-refractivity contribution in [2.24, 2.45) is 5.73 Å². The van der Waals surface area contributed by atoms with Crippen LogP contribution in [0.25, 0.3) is 0 Å². The molecule has 0 bridgehead atoms. The SMILES string of the molecule is Cc1cc(C2(CN)CCCC2)ccc1[N+](=O)[O-]. The van der Waals surface area contributed by atoms with E-state index in [1.54, 1.807) is 13.0 Å². The number of nitro groups is 1. The van der Waals surface area contributed by atoms with E-state index in [9.17, 15) is 10.1 Å². The summed E-state index contributed by atoms with van der Waals surface area (Å²) in [6, 6.07) is 5.43. The van der Waals surface area contributed by atoms with Gasteiger partial charge in [0.1, 0.15) is 0 Å². The van der Waals surface area contributed by atoms with E-state index in [0.29, 0.717) is 6.54 Å². The van der Waals surface area contributed by atoms with Gasteiger partial charge in [-0.15, -0.1) is 0 Å². The van der Waals surface area contributed by atoms with Crippen LogP contribution in [-0.4, -0.2) is 11.5 Å². The maximum Gasteiger partial charge on any atom is 0.272 e. The molecule has 0 amide bonds. The number of benzene rings is 1. The molecule has 0 aromatic heterocycles. The van der Waals surface area contributed by atoms with Gasteiger partial charge in [-0.3, -0.25) is 10.1 Å². The van der Waals surface area contributed by atoms with Crippen LogP contribution in [0.3, 0.4) is 0 Å². The maximum absolute atomic E-state index is 10.8. The molecule has 1 fully saturated rings. The third kappa shape index (κ3) is 2.05. The number of nitrogens with zero attached hydrogens (tertiary/aromatic N) is 1. The normalized spacial score (nSPS) is 18.2. The summed E-state index contributed by atoms with van der Waals surface area (Å²) in [5, 5.41) is 10.8. The van der Waals surface area contributed by atoms with Crippen LogP contribution in [0.15, 0.2) is 18.2 Å². The van der Waals surface area contributed by atoms with E-state index in [4.69, 9.17) is 5.73 Å². The van der Waals surface area contributed by atoms with E-state index in [0.717, 1.165) is 18.4 Å². The summed E-state index contributed by atoms with van der Waals surface area (Å²) in [5.74, 6) is 0. The van der Waals surface area contributed by atoms with Gasteiger partial charge in [-0.2, -0.15) is 0 Å². The smallest absolute Gasteiger partial charge is 0.272 e. The largest absolute Gasteiger partial charge is 0.330 e. The van der Waals surface area contributed by atoms with Crippen molar-refractivity contribution in [2.75, 3.05) is 6.54 Å². The van der Waals surface area contributed by atoms with Crippen molar-refractivity contribution in [2.45, 2.75) is 38.0 Å². The van der Waals surface area contributed by atoms with Crippen LogP contribution < -0.4 is 5.73 Å². The highest BCUT2D eigenvalue weighted by molar-refractivity contribution is 5.44. The highest BCUT2D eigenvalue weighted by atomic mass is 16.6. The van der Waals surface area contributed by atoms with Gasteiger partial charge in [-0.05, 0) is 31.4 Å². The van der Waals surface area contributed by atoms with Crippen LogP contribution >= 0.6 is 0 Å². The first-order valence-electron chi connectivity index (χ1n) is 6.05. The minimum Gasteiger partial charge on any atom is -0.330 e.